The van der Waals surface area contributed by atoms with Gasteiger partial charge < -0.3 is 13.9 Å². The fraction of sp³-hybridized carbons (Fsp3) is 0.200. The number of aromatic nitrogens is 1. The first-order chi connectivity index (χ1) is 7.26. The van der Waals surface area contributed by atoms with Gasteiger partial charge in [-0.3, -0.25) is 0 Å². The SMILES string of the molecule is COc1nc2cccc(OC)c2c(=O)o1. The second-order valence-corrected chi connectivity index (χ2v) is 2.83. The van der Waals surface area contributed by atoms with Gasteiger partial charge in [0, 0.05) is 0 Å². The van der Waals surface area contributed by atoms with E-state index in [2.05, 4.69) is 4.98 Å². The molecule has 0 spiro atoms. The number of rotatable bonds is 2. The molecule has 0 fully saturated rings. The van der Waals surface area contributed by atoms with Gasteiger partial charge >= 0.3 is 11.7 Å². The Hall–Kier alpha value is -2.04. The molecule has 2 aromatic rings. The summed E-state index contributed by atoms with van der Waals surface area (Å²) in [5.74, 6) is 0.441. The van der Waals surface area contributed by atoms with Crippen molar-refractivity contribution in [1.29, 1.82) is 0 Å². The Balaban J connectivity index is 2.85. The Kier molecular flexibility index (Phi) is 2.29. The zero-order valence-corrected chi connectivity index (χ0v) is 8.31. The van der Waals surface area contributed by atoms with Gasteiger partial charge in [0.2, 0.25) is 0 Å². The lowest BCUT2D eigenvalue weighted by Crippen LogP contribution is -2.04. The Morgan fingerprint density at radius 2 is 2.07 bits per heavy atom. The van der Waals surface area contributed by atoms with Gasteiger partial charge in [0.1, 0.15) is 11.1 Å². The number of ether oxygens (including phenoxy) is 2. The quantitative estimate of drug-likeness (QED) is 0.740. The molecule has 1 aromatic carbocycles. The van der Waals surface area contributed by atoms with Crippen molar-refractivity contribution in [3.63, 3.8) is 0 Å². The predicted molar refractivity (Wildman–Crippen MR) is 53.4 cm³/mol. The smallest absolute Gasteiger partial charge is 0.396 e. The van der Waals surface area contributed by atoms with Crippen molar-refractivity contribution in [3.8, 4) is 11.8 Å². The third-order valence-corrected chi connectivity index (χ3v) is 1.99. The molecule has 0 aliphatic rings. The third kappa shape index (κ3) is 1.52. The first-order valence-electron chi connectivity index (χ1n) is 4.28. The molecule has 0 amide bonds. The topological polar surface area (TPSA) is 61.6 Å². The Bertz CT molecular complexity index is 547. The van der Waals surface area contributed by atoms with E-state index in [1.54, 1.807) is 18.2 Å². The number of hydrogen-bond acceptors (Lipinski definition) is 5. The minimum atomic E-state index is -0.519. The Morgan fingerprint density at radius 1 is 1.27 bits per heavy atom. The van der Waals surface area contributed by atoms with E-state index in [0.717, 1.165) is 0 Å². The van der Waals surface area contributed by atoms with Crippen molar-refractivity contribution >= 4 is 10.9 Å². The van der Waals surface area contributed by atoms with Crippen LogP contribution in [0.2, 0.25) is 0 Å². The van der Waals surface area contributed by atoms with Crippen LogP contribution in [0.25, 0.3) is 10.9 Å². The molecule has 15 heavy (non-hydrogen) atoms. The van der Waals surface area contributed by atoms with Crippen LogP contribution in [0.5, 0.6) is 11.8 Å². The van der Waals surface area contributed by atoms with E-state index < -0.39 is 5.63 Å². The lowest BCUT2D eigenvalue weighted by atomic mass is 10.2. The fourth-order valence-corrected chi connectivity index (χ4v) is 1.33. The first kappa shape index (κ1) is 9.51. The van der Waals surface area contributed by atoms with Crippen molar-refractivity contribution in [1.82, 2.24) is 4.98 Å². The fourth-order valence-electron chi connectivity index (χ4n) is 1.33. The summed E-state index contributed by atoms with van der Waals surface area (Å²) >= 11 is 0. The van der Waals surface area contributed by atoms with Crippen molar-refractivity contribution in [2.75, 3.05) is 14.2 Å². The van der Waals surface area contributed by atoms with Crippen LogP contribution in [0.3, 0.4) is 0 Å². The molecule has 0 radical (unpaired) electrons. The molecular weight excluding hydrogens is 198 g/mol. The molecule has 78 valence electrons. The lowest BCUT2D eigenvalue weighted by Gasteiger charge is -2.03. The molecule has 1 aromatic heterocycles. The summed E-state index contributed by atoms with van der Waals surface area (Å²) in [6, 6.07) is 5.11. The van der Waals surface area contributed by atoms with E-state index in [1.165, 1.54) is 14.2 Å². The number of methoxy groups -OCH3 is 2. The summed E-state index contributed by atoms with van der Waals surface area (Å²) < 4.78 is 14.6. The number of benzene rings is 1. The molecule has 0 N–H and O–H groups in total. The molecule has 0 saturated carbocycles. The maximum absolute atomic E-state index is 11.6. The van der Waals surface area contributed by atoms with Crippen LogP contribution in [0.4, 0.5) is 0 Å². The summed E-state index contributed by atoms with van der Waals surface area (Å²) in [7, 11) is 2.87. The first-order valence-corrected chi connectivity index (χ1v) is 4.28. The predicted octanol–water partition coefficient (Wildman–Crippen LogP) is 1.21. The van der Waals surface area contributed by atoms with Crippen molar-refractivity contribution in [2.45, 2.75) is 0 Å². The molecule has 5 nitrogen and oxygen atoms in total. The van der Waals surface area contributed by atoms with Crippen LogP contribution in [-0.2, 0) is 0 Å². The van der Waals surface area contributed by atoms with E-state index in [0.29, 0.717) is 16.7 Å². The van der Waals surface area contributed by atoms with Crippen LogP contribution in [0.1, 0.15) is 0 Å². The maximum Gasteiger partial charge on any atom is 0.396 e. The third-order valence-electron chi connectivity index (χ3n) is 1.99. The van der Waals surface area contributed by atoms with Crippen molar-refractivity contribution in [2.24, 2.45) is 0 Å². The monoisotopic (exact) mass is 207 g/mol. The van der Waals surface area contributed by atoms with Crippen LogP contribution in [0.15, 0.2) is 27.4 Å². The largest absolute Gasteiger partial charge is 0.496 e. The molecule has 5 heteroatoms. The Labute approximate surface area is 85.3 Å². The van der Waals surface area contributed by atoms with Crippen LogP contribution < -0.4 is 15.1 Å². The highest BCUT2D eigenvalue weighted by Gasteiger charge is 2.10. The summed E-state index contributed by atoms with van der Waals surface area (Å²) in [5.41, 5.74) is -0.0308. The van der Waals surface area contributed by atoms with E-state index in [4.69, 9.17) is 13.9 Å². The van der Waals surface area contributed by atoms with Gasteiger partial charge in [-0.1, -0.05) is 6.07 Å². The van der Waals surface area contributed by atoms with E-state index in [1.807, 2.05) is 0 Å². The van der Waals surface area contributed by atoms with Crippen molar-refractivity contribution in [3.05, 3.63) is 28.6 Å². The van der Waals surface area contributed by atoms with Crippen molar-refractivity contribution < 1.29 is 13.9 Å². The highest BCUT2D eigenvalue weighted by atomic mass is 16.6. The molecular formula is C10H9NO4. The number of fused-ring (bicyclic) bond motifs is 1. The van der Waals surface area contributed by atoms with Gasteiger partial charge in [0.25, 0.3) is 0 Å². The highest BCUT2D eigenvalue weighted by molar-refractivity contribution is 5.83. The average molecular weight is 207 g/mol. The average Bonchev–Trinajstić information content (AvgIpc) is 2.27. The highest BCUT2D eigenvalue weighted by Crippen LogP contribution is 2.21. The lowest BCUT2D eigenvalue weighted by molar-refractivity contribution is 0.270. The van der Waals surface area contributed by atoms with Gasteiger partial charge in [-0.2, -0.15) is 4.98 Å². The van der Waals surface area contributed by atoms with Gasteiger partial charge in [0.15, 0.2) is 0 Å². The minimum Gasteiger partial charge on any atom is -0.496 e. The zero-order chi connectivity index (χ0) is 10.8. The van der Waals surface area contributed by atoms with Gasteiger partial charge in [0.05, 0.1) is 19.7 Å². The molecule has 0 saturated heterocycles. The van der Waals surface area contributed by atoms with Crippen LogP contribution >= 0.6 is 0 Å². The zero-order valence-electron chi connectivity index (χ0n) is 8.31. The molecule has 2 rings (SSSR count). The van der Waals surface area contributed by atoms with Gasteiger partial charge in [-0.05, 0) is 12.1 Å². The summed E-state index contributed by atoms with van der Waals surface area (Å²) in [6.07, 6.45) is -0.0549. The maximum atomic E-state index is 11.6. The second kappa shape index (κ2) is 3.61. The van der Waals surface area contributed by atoms with E-state index in [-0.39, 0.29) is 6.08 Å². The standard InChI is InChI=1S/C10H9NO4/c1-13-7-5-3-4-6-8(7)9(12)15-10(11-6)14-2/h3-5H,1-2H3. The summed E-state index contributed by atoms with van der Waals surface area (Å²) in [5, 5.41) is 0.320. The molecule has 0 aliphatic carbocycles. The molecule has 0 atom stereocenters. The summed E-state index contributed by atoms with van der Waals surface area (Å²) in [4.78, 5) is 15.6. The normalized spacial score (nSPS) is 10.3. The molecule has 0 bridgehead atoms. The van der Waals surface area contributed by atoms with E-state index >= 15 is 0 Å². The van der Waals surface area contributed by atoms with E-state index in [9.17, 15) is 4.79 Å². The van der Waals surface area contributed by atoms with Gasteiger partial charge in [-0.15, -0.1) is 0 Å². The summed E-state index contributed by atoms with van der Waals surface area (Å²) in [6.45, 7) is 0. The minimum absolute atomic E-state index is 0.0549. The van der Waals surface area contributed by atoms with Crippen LogP contribution in [0, 0.1) is 0 Å². The number of nitrogens with zero attached hydrogens (tertiary/aromatic N) is 1. The number of hydrogen-bond donors (Lipinski definition) is 0. The van der Waals surface area contributed by atoms with Crippen LogP contribution in [-0.4, -0.2) is 19.2 Å². The molecule has 1 heterocycles. The molecule has 0 unspecified atom stereocenters. The Morgan fingerprint density at radius 3 is 2.73 bits per heavy atom. The van der Waals surface area contributed by atoms with Gasteiger partial charge in [-0.25, -0.2) is 4.79 Å². The molecule has 0 aliphatic heterocycles. The second-order valence-electron chi connectivity index (χ2n) is 2.83.